The summed E-state index contributed by atoms with van der Waals surface area (Å²) in [5.41, 5.74) is 2.55. The number of carbonyl (C=O) groups excluding carboxylic acids is 3. The molecule has 1 aliphatic rings. The molecule has 1 atom stereocenters. The van der Waals surface area contributed by atoms with E-state index in [1.54, 1.807) is 18.2 Å². The predicted octanol–water partition coefficient (Wildman–Crippen LogP) is 6.14. The van der Waals surface area contributed by atoms with Gasteiger partial charge in [0.25, 0.3) is 11.1 Å². The molecule has 0 spiro atoms. The Morgan fingerprint density at radius 3 is 2.58 bits per heavy atom. The molecule has 196 valence electrons. The van der Waals surface area contributed by atoms with Gasteiger partial charge < -0.3 is 14.2 Å². The number of hydrogen-bond donors (Lipinski definition) is 0. The third kappa shape index (κ3) is 5.60. The summed E-state index contributed by atoms with van der Waals surface area (Å²) in [6.45, 7) is 7.97. The largest absolute Gasteiger partial charge is 0.490 e. The van der Waals surface area contributed by atoms with E-state index in [1.165, 1.54) is 14.0 Å². The maximum atomic E-state index is 13.0. The monoisotopic (exact) mass is 531 g/mol. The van der Waals surface area contributed by atoms with Gasteiger partial charge in [-0.15, -0.1) is 6.58 Å². The summed E-state index contributed by atoms with van der Waals surface area (Å²) in [6.07, 6.45) is 3.90. The van der Waals surface area contributed by atoms with Crippen molar-refractivity contribution >= 4 is 45.7 Å². The average molecular weight is 532 g/mol. The highest BCUT2D eigenvalue weighted by Gasteiger charge is 2.41. The number of ether oxygens (including phenoxy) is 3. The molecule has 1 saturated heterocycles. The van der Waals surface area contributed by atoms with E-state index < -0.39 is 23.2 Å². The van der Waals surface area contributed by atoms with Crippen LogP contribution in [0, 0.1) is 0 Å². The number of thioether (sulfide) groups is 1. The lowest BCUT2D eigenvalue weighted by Crippen LogP contribution is -2.42. The Morgan fingerprint density at radius 2 is 1.84 bits per heavy atom. The Hall–Kier alpha value is -4.04. The van der Waals surface area contributed by atoms with Crippen molar-refractivity contribution < 1.29 is 28.6 Å². The molecule has 8 heteroatoms. The second-order valence-electron chi connectivity index (χ2n) is 8.61. The zero-order valence-corrected chi connectivity index (χ0v) is 22.4. The first-order valence-electron chi connectivity index (χ1n) is 12.2. The Kier molecular flexibility index (Phi) is 8.53. The van der Waals surface area contributed by atoms with Crippen molar-refractivity contribution in [1.29, 1.82) is 0 Å². The lowest BCUT2D eigenvalue weighted by molar-refractivity contribution is -0.148. The van der Waals surface area contributed by atoms with E-state index in [9.17, 15) is 14.4 Å². The van der Waals surface area contributed by atoms with Gasteiger partial charge in [0.1, 0.15) is 12.6 Å². The number of rotatable bonds is 10. The summed E-state index contributed by atoms with van der Waals surface area (Å²) in [5.74, 6) is -0.0738. The Morgan fingerprint density at radius 1 is 1.08 bits per heavy atom. The molecule has 3 aromatic carbocycles. The van der Waals surface area contributed by atoms with Crippen LogP contribution in [0.4, 0.5) is 4.79 Å². The van der Waals surface area contributed by atoms with Crippen LogP contribution < -0.4 is 9.47 Å². The van der Waals surface area contributed by atoms with E-state index in [0.29, 0.717) is 36.7 Å². The highest BCUT2D eigenvalue weighted by atomic mass is 32.2. The molecule has 0 aliphatic carbocycles. The van der Waals surface area contributed by atoms with Crippen molar-refractivity contribution in [3.63, 3.8) is 0 Å². The molecule has 0 unspecified atom stereocenters. The number of esters is 1. The van der Waals surface area contributed by atoms with Crippen molar-refractivity contribution in [3.05, 3.63) is 88.8 Å². The Balaban J connectivity index is 1.67. The number of hydrogen-bond acceptors (Lipinski definition) is 7. The summed E-state index contributed by atoms with van der Waals surface area (Å²) in [5, 5.41) is 1.73. The van der Waals surface area contributed by atoms with Crippen LogP contribution in [0.5, 0.6) is 11.5 Å². The average Bonchev–Trinajstić information content (AvgIpc) is 3.19. The lowest BCUT2D eigenvalue weighted by atomic mass is 10.0. The van der Waals surface area contributed by atoms with E-state index in [1.807, 2.05) is 37.3 Å². The Labute approximate surface area is 226 Å². The molecule has 2 amide bonds. The number of imide groups is 1. The van der Waals surface area contributed by atoms with Gasteiger partial charge in [-0.1, -0.05) is 48.5 Å². The summed E-state index contributed by atoms with van der Waals surface area (Å²) in [7, 11) is 1.22. The van der Waals surface area contributed by atoms with Crippen molar-refractivity contribution in [2.24, 2.45) is 0 Å². The summed E-state index contributed by atoms with van der Waals surface area (Å²) < 4.78 is 17.0. The van der Waals surface area contributed by atoms with E-state index in [4.69, 9.17) is 14.2 Å². The molecule has 0 radical (unpaired) electrons. The number of allylic oxidation sites excluding steroid dienone is 1. The second kappa shape index (κ2) is 12.0. The standard InChI is InChI=1S/C30H29NO6S/c1-5-10-22-15-20(17-26-28(32)31(30(34)38-26)19(3)29(33)35-4)16-25(36-6-2)27(22)37-18-23-13-9-12-21-11-7-8-14-24(21)23/h5,7-9,11-17,19H,1,6,10,18H2,2-4H3/b26-17+/t19-/m1/s1. The van der Waals surface area contributed by atoms with Gasteiger partial charge in [-0.2, -0.15) is 0 Å². The first kappa shape index (κ1) is 27.0. The van der Waals surface area contributed by atoms with Crippen LogP contribution in [0.15, 0.2) is 72.2 Å². The summed E-state index contributed by atoms with van der Waals surface area (Å²) in [4.78, 5) is 38.5. The zero-order chi connectivity index (χ0) is 27.2. The summed E-state index contributed by atoms with van der Waals surface area (Å²) in [6, 6.07) is 16.9. The van der Waals surface area contributed by atoms with Crippen LogP contribution in [0.2, 0.25) is 0 Å². The molecule has 0 bridgehead atoms. The fourth-order valence-electron chi connectivity index (χ4n) is 4.31. The SMILES string of the molecule is C=CCc1cc(/C=C2/SC(=O)N([C@H](C)C(=O)OC)C2=O)cc(OCC)c1OCc1cccc2ccccc12. The van der Waals surface area contributed by atoms with Crippen LogP contribution in [-0.2, 0) is 27.4 Å². The molecule has 1 fully saturated rings. The van der Waals surface area contributed by atoms with Gasteiger partial charge >= 0.3 is 5.97 Å². The maximum Gasteiger partial charge on any atom is 0.328 e. The van der Waals surface area contributed by atoms with Crippen LogP contribution >= 0.6 is 11.8 Å². The molecular formula is C30H29NO6S. The van der Waals surface area contributed by atoms with Crippen molar-refractivity contribution in [1.82, 2.24) is 4.90 Å². The summed E-state index contributed by atoms with van der Waals surface area (Å²) >= 11 is 0.783. The third-order valence-corrected chi connectivity index (χ3v) is 7.00. The minimum absolute atomic E-state index is 0.210. The highest BCUT2D eigenvalue weighted by molar-refractivity contribution is 8.18. The van der Waals surface area contributed by atoms with Crippen LogP contribution in [-0.4, -0.2) is 41.8 Å². The number of methoxy groups -OCH3 is 1. The zero-order valence-electron chi connectivity index (χ0n) is 21.6. The molecular weight excluding hydrogens is 502 g/mol. The van der Waals surface area contributed by atoms with Crippen molar-refractivity contribution in [2.75, 3.05) is 13.7 Å². The van der Waals surface area contributed by atoms with Gasteiger partial charge in [-0.3, -0.25) is 14.5 Å². The normalized spacial score (nSPS) is 15.1. The van der Waals surface area contributed by atoms with E-state index >= 15 is 0 Å². The molecule has 0 aromatic heterocycles. The predicted molar refractivity (Wildman–Crippen MR) is 149 cm³/mol. The second-order valence-corrected chi connectivity index (χ2v) is 9.60. The number of amides is 2. The minimum atomic E-state index is -1.02. The fourth-order valence-corrected chi connectivity index (χ4v) is 5.22. The first-order chi connectivity index (χ1) is 18.4. The first-order valence-corrected chi connectivity index (χ1v) is 13.0. The van der Waals surface area contributed by atoms with Crippen molar-refractivity contribution in [3.8, 4) is 11.5 Å². The maximum absolute atomic E-state index is 13.0. The molecule has 0 saturated carbocycles. The van der Waals surface area contributed by atoms with Crippen LogP contribution in [0.3, 0.4) is 0 Å². The molecule has 1 heterocycles. The van der Waals surface area contributed by atoms with Crippen molar-refractivity contribution in [2.45, 2.75) is 32.9 Å². The molecule has 38 heavy (non-hydrogen) atoms. The van der Waals surface area contributed by atoms with Gasteiger partial charge in [0.2, 0.25) is 0 Å². The minimum Gasteiger partial charge on any atom is -0.490 e. The topological polar surface area (TPSA) is 82.1 Å². The van der Waals surface area contributed by atoms with E-state index in [-0.39, 0.29) is 4.91 Å². The van der Waals surface area contributed by atoms with Gasteiger partial charge in [-0.05, 0) is 72.1 Å². The van der Waals surface area contributed by atoms with Gasteiger partial charge in [0.15, 0.2) is 11.5 Å². The van der Waals surface area contributed by atoms with Crippen LogP contribution in [0.1, 0.15) is 30.5 Å². The van der Waals surface area contributed by atoms with Gasteiger partial charge in [0, 0.05) is 5.56 Å². The van der Waals surface area contributed by atoms with Gasteiger partial charge in [-0.25, -0.2) is 4.79 Å². The number of benzene rings is 3. The van der Waals surface area contributed by atoms with Gasteiger partial charge in [0.05, 0.1) is 18.6 Å². The smallest absolute Gasteiger partial charge is 0.328 e. The van der Waals surface area contributed by atoms with Crippen LogP contribution in [0.25, 0.3) is 16.8 Å². The number of fused-ring (bicyclic) bond motifs is 1. The molecule has 1 aliphatic heterocycles. The number of carbonyl (C=O) groups is 3. The highest BCUT2D eigenvalue weighted by Crippen LogP contribution is 2.38. The molecule has 3 aromatic rings. The lowest BCUT2D eigenvalue weighted by Gasteiger charge is -2.18. The molecule has 0 N–H and O–H groups in total. The molecule has 4 rings (SSSR count). The van der Waals surface area contributed by atoms with E-state index in [0.717, 1.165) is 38.6 Å². The third-order valence-electron chi connectivity index (χ3n) is 6.12. The Bertz CT molecular complexity index is 1420. The van der Waals surface area contributed by atoms with E-state index in [2.05, 4.69) is 24.8 Å². The molecule has 7 nitrogen and oxygen atoms in total. The quantitative estimate of drug-likeness (QED) is 0.176. The number of nitrogens with zero attached hydrogens (tertiary/aromatic N) is 1. The fraction of sp³-hybridized carbons (Fsp3) is 0.233.